The van der Waals surface area contributed by atoms with Crippen molar-refractivity contribution in [1.29, 1.82) is 0 Å². The average molecular weight is 348 g/mol. The van der Waals surface area contributed by atoms with E-state index in [4.69, 9.17) is 27.6 Å². The first-order valence-electron chi connectivity index (χ1n) is 7.30. The molecule has 2 aromatic carbocycles. The Morgan fingerprint density at radius 2 is 2.00 bits per heavy atom. The van der Waals surface area contributed by atoms with Gasteiger partial charge < -0.3 is 9.73 Å². The Kier molecular flexibility index (Phi) is 4.60. The fraction of sp³-hybridized carbons (Fsp3) is 0.167. The summed E-state index contributed by atoms with van der Waals surface area (Å²) < 4.78 is 5.52. The van der Waals surface area contributed by atoms with Crippen LogP contribution in [0.4, 0.5) is 5.69 Å². The lowest BCUT2D eigenvalue weighted by atomic mass is 10.1. The summed E-state index contributed by atoms with van der Waals surface area (Å²) in [6.07, 6.45) is 2.77. The van der Waals surface area contributed by atoms with Crippen LogP contribution in [0.5, 0.6) is 0 Å². The predicted molar refractivity (Wildman–Crippen MR) is 94.4 cm³/mol. The van der Waals surface area contributed by atoms with Crippen LogP contribution >= 0.6 is 23.2 Å². The van der Waals surface area contributed by atoms with E-state index < -0.39 is 0 Å². The van der Waals surface area contributed by atoms with Crippen LogP contribution in [0.15, 0.2) is 47.1 Å². The number of aryl methyl sites for hydroxylation is 1. The Labute approximate surface area is 144 Å². The molecule has 3 nitrogen and oxygen atoms in total. The molecule has 23 heavy (non-hydrogen) atoms. The second kappa shape index (κ2) is 6.65. The lowest BCUT2D eigenvalue weighted by Crippen LogP contribution is -2.14. The molecule has 118 valence electrons. The number of carbonyl (C=O) groups is 1. The highest BCUT2D eigenvalue weighted by atomic mass is 35.5. The van der Waals surface area contributed by atoms with Gasteiger partial charge in [0.1, 0.15) is 5.58 Å². The minimum Gasteiger partial charge on any atom is -0.464 e. The first kappa shape index (κ1) is 15.9. The molecule has 1 heterocycles. The zero-order valence-electron chi connectivity index (χ0n) is 12.5. The molecule has 0 saturated carbocycles. The van der Waals surface area contributed by atoms with Gasteiger partial charge in [-0.15, -0.1) is 0 Å². The molecule has 1 amide bonds. The number of carbonyl (C=O) groups excluding carboxylic acids is 1. The van der Waals surface area contributed by atoms with Crippen LogP contribution in [0.1, 0.15) is 18.1 Å². The minimum atomic E-state index is -0.168. The summed E-state index contributed by atoms with van der Waals surface area (Å²) >= 11 is 12.0. The molecule has 0 spiro atoms. The fourth-order valence-electron chi connectivity index (χ4n) is 2.45. The van der Waals surface area contributed by atoms with Crippen molar-refractivity contribution in [2.24, 2.45) is 0 Å². The van der Waals surface area contributed by atoms with Crippen LogP contribution in [0.3, 0.4) is 0 Å². The Bertz CT molecular complexity index is 871. The largest absolute Gasteiger partial charge is 0.464 e. The zero-order valence-corrected chi connectivity index (χ0v) is 14.0. The second-order valence-corrected chi connectivity index (χ2v) is 6.14. The molecule has 0 radical (unpaired) electrons. The fourth-order valence-corrected chi connectivity index (χ4v) is 2.78. The second-order valence-electron chi connectivity index (χ2n) is 5.29. The molecule has 1 N–H and O–H groups in total. The highest BCUT2D eigenvalue weighted by Gasteiger charge is 2.12. The van der Waals surface area contributed by atoms with Gasteiger partial charge in [0.15, 0.2) is 0 Å². The third-order valence-electron chi connectivity index (χ3n) is 3.68. The average Bonchev–Trinajstić information content (AvgIpc) is 2.93. The van der Waals surface area contributed by atoms with Crippen LogP contribution in [-0.2, 0) is 17.6 Å². The Hall–Kier alpha value is -1.97. The van der Waals surface area contributed by atoms with E-state index >= 15 is 0 Å². The lowest BCUT2D eigenvalue weighted by Gasteiger charge is -2.07. The van der Waals surface area contributed by atoms with E-state index in [9.17, 15) is 4.79 Å². The maximum Gasteiger partial charge on any atom is 0.228 e. The van der Waals surface area contributed by atoms with Crippen molar-refractivity contribution in [3.63, 3.8) is 0 Å². The highest BCUT2D eigenvalue weighted by molar-refractivity contribution is 6.35. The van der Waals surface area contributed by atoms with Gasteiger partial charge in [-0.25, -0.2) is 0 Å². The number of anilines is 1. The van der Waals surface area contributed by atoms with Gasteiger partial charge in [-0.05, 0) is 42.3 Å². The number of hydrogen-bond acceptors (Lipinski definition) is 2. The van der Waals surface area contributed by atoms with Crippen molar-refractivity contribution in [2.45, 2.75) is 19.8 Å². The van der Waals surface area contributed by atoms with Crippen molar-refractivity contribution in [1.82, 2.24) is 0 Å². The van der Waals surface area contributed by atoms with Crippen LogP contribution in [0.2, 0.25) is 10.0 Å². The SMILES string of the molecule is CCc1ccc2occ(CC(=O)Nc3cc(Cl)ccc3Cl)c2c1. The number of rotatable bonds is 4. The standard InChI is InChI=1S/C18H15Cl2NO2/c1-2-11-3-6-17-14(7-11)12(10-23-17)8-18(22)21-16-9-13(19)4-5-15(16)20/h3-7,9-10H,2,8H2,1H3,(H,21,22). The number of benzene rings is 2. The molecular formula is C18H15Cl2NO2. The van der Waals surface area contributed by atoms with E-state index in [0.29, 0.717) is 15.7 Å². The third-order valence-corrected chi connectivity index (χ3v) is 4.24. The Balaban J connectivity index is 1.81. The molecule has 0 aliphatic carbocycles. The lowest BCUT2D eigenvalue weighted by molar-refractivity contribution is -0.115. The summed E-state index contributed by atoms with van der Waals surface area (Å²) in [5.74, 6) is -0.168. The first-order valence-corrected chi connectivity index (χ1v) is 8.06. The minimum absolute atomic E-state index is 0.168. The zero-order chi connectivity index (χ0) is 16.4. The number of nitrogens with one attached hydrogen (secondary N) is 1. The van der Waals surface area contributed by atoms with Crippen molar-refractivity contribution in [2.75, 3.05) is 5.32 Å². The van der Waals surface area contributed by atoms with Crippen LogP contribution < -0.4 is 5.32 Å². The number of furan rings is 1. The topological polar surface area (TPSA) is 42.2 Å². The number of hydrogen-bond donors (Lipinski definition) is 1. The summed E-state index contributed by atoms with van der Waals surface area (Å²) in [5.41, 5.74) is 3.35. The molecule has 0 saturated heterocycles. The number of fused-ring (bicyclic) bond motifs is 1. The maximum absolute atomic E-state index is 12.3. The van der Waals surface area contributed by atoms with E-state index in [1.807, 2.05) is 12.1 Å². The Morgan fingerprint density at radius 1 is 1.17 bits per heavy atom. The highest BCUT2D eigenvalue weighted by Crippen LogP contribution is 2.27. The monoisotopic (exact) mass is 347 g/mol. The van der Waals surface area contributed by atoms with Gasteiger partial charge in [0.25, 0.3) is 0 Å². The van der Waals surface area contributed by atoms with E-state index in [1.165, 1.54) is 5.56 Å². The molecule has 0 unspecified atom stereocenters. The molecule has 0 bridgehead atoms. The summed E-state index contributed by atoms with van der Waals surface area (Å²) in [6.45, 7) is 2.09. The Morgan fingerprint density at radius 3 is 2.78 bits per heavy atom. The number of amides is 1. The van der Waals surface area contributed by atoms with Crippen LogP contribution in [0.25, 0.3) is 11.0 Å². The molecule has 5 heteroatoms. The van der Waals surface area contributed by atoms with Gasteiger partial charge in [-0.2, -0.15) is 0 Å². The smallest absolute Gasteiger partial charge is 0.228 e. The van der Waals surface area contributed by atoms with Crippen LogP contribution in [-0.4, -0.2) is 5.91 Å². The third kappa shape index (κ3) is 3.52. The molecule has 0 aliphatic heterocycles. The molecule has 0 atom stereocenters. The van der Waals surface area contributed by atoms with Gasteiger partial charge in [-0.1, -0.05) is 36.2 Å². The summed E-state index contributed by atoms with van der Waals surface area (Å²) in [7, 11) is 0. The van der Waals surface area contributed by atoms with Gasteiger partial charge in [-0.3, -0.25) is 4.79 Å². The number of halogens is 2. The van der Waals surface area contributed by atoms with E-state index in [1.54, 1.807) is 24.5 Å². The van der Waals surface area contributed by atoms with Crippen molar-refractivity contribution < 1.29 is 9.21 Å². The molecule has 0 aliphatic rings. The summed E-state index contributed by atoms with van der Waals surface area (Å²) in [4.78, 5) is 12.3. The van der Waals surface area contributed by atoms with E-state index in [2.05, 4.69) is 18.3 Å². The van der Waals surface area contributed by atoms with Gasteiger partial charge in [0.2, 0.25) is 5.91 Å². The van der Waals surface area contributed by atoms with E-state index in [0.717, 1.165) is 23.0 Å². The normalized spacial score (nSPS) is 10.9. The van der Waals surface area contributed by atoms with E-state index in [-0.39, 0.29) is 12.3 Å². The van der Waals surface area contributed by atoms with Crippen molar-refractivity contribution in [3.8, 4) is 0 Å². The van der Waals surface area contributed by atoms with Gasteiger partial charge in [0.05, 0.1) is 23.4 Å². The molecular weight excluding hydrogens is 333 g/mol. The summed E-state index contributed by atoms with van der Waals surface area (Å²) in [6, 6.07) is 11.0. The maximum atomic E-state index is 12.3. The van der Waals surface area contributed by atoms with Crippen molar-refractivity contribution in [3.05, 3.63) is 63.8 Å². The van der Waals surface area contributed by atoms with Gasteiger partial charge >= 0.3 is 0 Å². The molecule has 0 fully saturated rings. The quantitative estimate of drug-likeness (QED) is 0.678. The summed E-state index contributed by atoms with van der Waals surface area (Å²) in [5, 5.41) is 4.73. The van der Waals surface area contributed by atoms with Crippen molar-refractivity contribution >= 4 is 45.8 Å². The predicted octanol–water partition coefficient (Wildman–Crippen LogP) is 5.48. The van der Waals surface area contributed by atoms with Crippen LogP contribution in [0, 0.1) is 0 Å². The molecule has 3 rings (SSSR count). The molecule has 3 aromatic rings. The molecule has 1 aromatic heterocycles. The van der Waals surface area contributed by atoms with Gasteiger partial charge in [0, 0.05) is 16.0 Å². The first-order chi connectivity index (χ1) is 11.1.